The first kappa shape index (κ1) is 16.8. The minimum Gasteiger partial charge on any atom is -0.486 e. The lowest BCUT2D eigenvalue weighted by atomic mass is 10.0. The van der Waals surface area contributed by atoms with Gasteiger partial charge >= 0.3 is 0 Å². The summed E-state index contributed by atoms with van der Waals surface area (Å²) in [7, 11) is 0. The molecule has 0 saturated carbocycles. The average molecular weight is 290 g/mol. The van der Waals surface area contributed by atoms with E-state index in [1.165, 1.54) is 6.92 Å². The standard InChI is InChI=1S/C14H16N2O3.C2H6/c1-5-10-13-11(8(3)19-16-13)7-18-14(10)12(6-2)15-9(4)17;1-2/h5-6H,1,7H2,2-4H3,(H,15,17);1-2H3/b12-6+;. The summed E-state index contributed by atoms with van der Waals surface area (Å²) in [5, 5.41) is 6.76. The molecule has 2 heterocycles. The maximum atomic E-state index is 11.2. The van der Waals surface area contributed by atoms with Crippen LogP contribution in [0.4, 0.5) is 0 Å². The van der Waals surface area contributed by atoms with E-state index in [0.717, 1.165) is 22.6 Å². The summed E-state index contributed by atoms with van der Waals surface area (Å²) in [5.41, 5.74) is 2.96. The number of nitrogens with zero attached hydrogens (tertiary/aromatic N) is 1. The molecular weight excluding hydrogens is 268 g/mol. The number of fused-ring (bicyclic) bond motifs is 1. The Labute approximate surface area is 125 Å². The molecule has 0 radical (unpaired) electrons. The van der Waals surface area contributed by atoms with Gasteiger partial charge in [0.25, 0.3) is 0 Å². The molecule has 0 atom stereocenters. The third kappa shape index (κ3) is 3.42. The lowest BCUT2D eigenvalue weighted by molar-refractivity contribution is -0.118. The highest BCUT2D eigenvalue weighted by atomic mass is 16.5. The van der Waals surface area contributed by atoms with Crippen LogP contribution in [0.25, 0.3) is 5.57 Å². The van der Waals surface area contributed by atoms with Crippen LogP contribution in [-0.4, -0.2) is 11.1 Å². The number of aryl methyl sites for hydroxylation is 1. The summed E-state index contributed by atoms with van der Waals surface area (Å²) in [4.78, 5) is 11.2. The Hall–Kier alpha value is -2.30. The Bertz CT molecular complexity index is 595. The maximum absolute atomic E-state index is 11.2. The number of carbonyl (C=O) groups excluding carboxylic acids is 1. The van der Waals surface area contributed by atoms with Crippen molar-refractivity contribution in [2.45, 2.75) is 41.2 Å². The Balaban J connectivity index is 0.00000106. The van der Waals surface area contributed by atoms with Gasteiger partial charge in [-0.3, -0.25) is 4.79 Å². The lowest BCUT2D eigenvalue weighted by Gasteiger charge is -2.21. The van der Waals surface area contributed by atoms with E-state index in [0.29, 0.717) is 18.1 Å². The number of nitrogens with one attached hydrogen (secondary N) is 1. The highest BCUT2D eigenvalue weighted by Gasteiger charge is 2.26. The van der Waals surface area contributed by atoms with Crippen LogP contribution in [0.2, 0.25) is 0 Å². The fraction of sp³-hybridized carbons (Fsp3) is 0.375. The molecule has 2 rings (SSSR count). The van der Waals surface area contributed by atoms with Crippen LogP contribution in [0.5, 0.6) is 0 Å². The fourth-order valence-corrected chi connectivity index (χ4v) is 1.96. The number of carbonyl (C=O) groups is 1. The molecule has 1 aromatic rings. The number of ether oxygens (including phenoxy) is 1. The van der Waals surface area contributed by atoms with Crippen LogP contribution < -0.4 is 5.32 Å². The quantitative estimate of drug-likeness (QED) is 0.925. The normalized spacial score (nSPS) is 13.7. The van der Waals surface area contributed by atoms with Gasteiger partial charge < -0.3 is 14.6 Å². The molecule has 0 aromatic carbocycles. The summed E-state index contributed by atoms with van der Waals surface area (Å²) in [5.74, 6) is 1.14. The SMILES string of the molecule is C=CC1=C(/C(=C\C)NC(C)=O)OCc2c1noc2C.CC. The molecule has 0 spiro atoms. The largest absolute Gasteiger partial charge is 0.486 e. The van der Waals surface area contributed by atoms with Crippen molar-refractivity contribution < 1.29 is 14.1 Å². The lowest BCUT2D eigenvalue weighted by Crippen LogP contribution is -2.23. The monoisotopic (exact) mass is 290 g/mol. The molecule has 0 bridgehead atoms. The number of hydrogen-bond acceptors (Lipinski definition) is 4. The third-order valence-corrected chi connectivity index (χ3v) is 2.89. The number of aromatic nitrogens is 1. The minimum absolute atomic E-state index is 0.158. The molecule has 0 unspecified atom stereocenters. The summed E-state index contributed by atoms with van der Waals surface area (Å²) in [6.45, 7) is 13.3. The van der Waals surface area contributed by atoms with Gasteiger partial charge in [0, 0.05) is 12.5 Å². The molecule has 5 nitrogen and oxygen atoms in total. The number of allylic oxidation sites excluding steroid dienone is 3. The zero-order chi connectivity index (χ0) is 16.0. The van der Waals surface area contributed by atoms with Crippen molar-refractivity contribution in [3.8, 4) is 0 Å². The number of amides is 1. The van der Waals surface area contributed by atoms with Crippen molar-refractivity contribution in [3.05, 3.63) is 47.2 Å². The van der Waals surface area contributed by atoms with E-state index in [9.17, 15) is 4.79 Å². The van der Waals surface area contributed by atoms with Crippen LogP contribution in [0.15, 0.2) is 34.7 Å². The van der Waals surface area contributed by atoms with Crippen LogP contribution >= 0.6 is 0 Å². The zero-order valence-electron chi connectivity index (χ0n) is 13.2. The van der Waals surface area contributed by atoms with Gasteiger partial charge in [-0.05, 0) is 13.8 Å². The Morgan fingerprint density at radius 2 is 2.10 bits per heavy atom. The van der Waals surface area contributed by atoms with E-state index >= 15 is 0 Å². The molecule has 0 fully saturated rings. The highest BCUT2D eigenvalue weighted by Crippen LogP contribution is 2.33. The third-order valence-electron chi connectivity index (χ3n) is 2.89. The van der Waals surface area contributed by atoms with Crippen molar-refractivity contribution in [2.75, 3.05) is 0 Å². The topological polar surface area (TPSA) is 64.4 Å². The van der Waals surface area contributed by atoms with Gasteiger partial charge in [0.1, 0.15) is 18.1 Å². The molecule has 1 N–H and O–H groups in total. The molecule has 1 aliphatic rings. The van der Waals surface area contributed by atoms with Crippen LogP contribution in [0.3, 0.4) is 0 Å². The van der Waals surface area contributed by atoms with Gasteiger partial charge in [-0.2, -0.15) is 0 Å². The molecular formula is C16H22N2O3. The van der Waals surface area contributed by atoms with E-state index < -0.39 is 0 Å². The van der Waals surface area contributed by atoms with Crippen molar-refractivity contribution in [1.82, 2.24) is 10.5 Å². The zero-order valence-corrected chi connectivity index (χ0v) is 13.2. The van der Waals surface area contributed by atoms with E-state index in [1.54, 1.807) is 12.2 Å². The Morgan fingerprint density at radius 3 is 2.62 bits per heavy atom. The van der Waals surface area contributed by atoms with Crippen LogP contribution in [0, 0.1) is 6.92 Å². The van der Waals surface area contributed by atoms with Gasteiger partial charge in [0.2, 0.25) is 5.91 Å². The predicted octanol–water partition coefficient (Wildman–Crippen LogP) is 3.48. The Kier molecular flexibility index (Phi) is 5.96. The second-order valence-corrected chi connectivity index (χ2v) is 4.19. The smallest absolute Gasteiger partial charge is 0.221 e. The van der Waals surface area contributed by atoms with E-state index in [-0.39, 0.29) is 5.91 Å². The van der Waals surface area contributed by atoms with Crippen molar-refractivity contribution in [3.63, 3.8) is 0 Å². The summed E-state index contributed by atoms with van der Waals surface area (Å²) in [6, 6.07) is 0. The molecule has 1 amide bonds. The molecule has 1 aliphatic heterocycles. The van der Waals surface area contributed by atoms with Crippen molar-refractivity contribution in [1.29, 1.82) is 0 Å². The van der Waals surface area contributed by atoms with E-state index in [4.69, 9.17) is 9.26 Å². The van der Waals surface area contributed by atoms with Gasteiger partial charge in [-0.15, -0.1) is 0 Å². The molecule has 0 aliphatic carbocycles. The highest BCUT2D eigenvalue weighted by molar-refractivity contribution is 5.82. The second-order valence-electron chi connectivity index (χ2n) is 4.19. The molecule has 5 heteroatoms. The summed E-state index contributed by atoms with van der Waals surface area (Å²) < 4.78 is 10.9. The summed E-state index contributed by atoms with van der Waals surface area (Å²) >= 11 is 0. The molecule has 21 heavy (non-hydrogen) atoms. The first-order valence-electron chi connectivity index (χ1n) is 6.97. The number of rotatable bonds is 3. The van der Waals surface area contributed by atoms with E-state index in [1.807, 2.05) is 27.7 Å². The van der Waals surface area contributed by atoms with Crippen molar-refractivity contribution >= 4 is 11.5 Å². The van der Waals surface area contributed by atoms with Gasteiger partial charge in [0.05, 0.1) is 11.3 Å². The van der Waals surface area contributed by atoms with E-state index in [2.05, 4.69) is 17.1 Å². The van der Waals surface area contributed by atoms with Crippen LogP contribution in [-0.2, 0) is 16.1 Å². The Morgan fingerprint density at radius 1 is 1.43 bits per heavy atom. The fourth-order valence-electron chi connectivity index (χ4n) is 1.96. The average Bonchev–Trinajstić information content (AvgIpc) is 2.87. The maximum Gasteiger partial charge on any atom is 0.221 e. The predicted molar refractivity (Wildman–Crippen MR) is 82.1 cm³/mol. The first-order valence-corrected chi connectivity index (χ1v) is 6.97. The van der Waals surface area contributed by atoms with Gasteiger partial charge in [-0.1, -0.05) is 37.7 Å². The second kappa shape index (κ2) is 7.47. The molecule has 1 aromatic heterocycles. The summed E-state index contributed by atoms with van der Waals surface area (Å²) in [6.07, 6.45) is 3.43. The van der Waals surface area contributed by atoms with Gasteiger partial charge in [-0.25, -0.2) is 0 Å². The van der Waals surface area contributed by atoms with Gasteiger partial charge in [0.15, 0.2) is 5.76 Å². The molecule has 114 valence electrons. The number of hydrogen-bond donors (Lipinski definition) is 1. The minimum atomic E-state index is -0.158. The van der Waals surface area contributed by atoms with Crippen molar-refractivity contribution in [2.24, 2.45) is 0 Å². The molecule has 0 saturated heterocycles. The first-order chi connectivity index (χ1) is 10.1. The van der Waals surface area contributed by atoms with Crippen LogP contribution in [0.1, 0.15) is 44.7 Å².